The number of amides is 1. The first-order chi connectivity index (χ1) is 14.8. The second-order valence-corrected chi connectivity index (χ2v) is 9.71. The molecular formula is C22H27N3O5S. The summed E-state index contributed by atoms with van der Waals surface area (Å²) in [5.74, 6) is 1.43. The number of nitrogens with zero attached hydrogens (tertiary/aromatic N) is 2. The number of fused-ring (bicyclic) bond motifs is 1. The molecule has 2 aromatic rings. The normalized spacial score (nSPS) is 17.3. The lowest BCUT2D eigenvalue weighted by molar-refractivity contribution is -0.119. The molecule has 0 saturated carbocycles. The van der Waals surface area contributed by atoms with Crippen molar-refractivity contribution in [3.63, 3.8) is 0 Å². The molecule has 2 aliphatic rings. The highest BCUT2D eigenvalue weighted by atomic mass is 32.2. The Kier molecular flexibility index (Phi) is 6.17. The van der Waals surface area contributed by atoms with Crippen molar-refractivity contribution >= 4 is 21.6 Å². The van der Waals surface area contributed by atoms with Gasteiger partial charge in [0, 0.05) is 31.2 Å². The minimum Gasteiger partial charge on any atom is -0.454 e. The number of carbonyl (C=O) groups is 1. The van der Waals surface area contributed by atoms with Gasteiger partial charge in [0.05, 0.1) is 4.90 Å². The van der Waals surface area contributed by atoms with Crippen molar-refractivity contribution in [1.82, 2.24) is 9.62 Å². The van der Waals surface area contributed by atoms with Gasteiger partial charge in [-0.15, -0.1) is 0 Å². The third kappa shape index (κ3) is 4.68. The summed E-state index contributed by atoms with van der Waals surface area (Å²) in [6.45, 7) is 1.06. The van der Waals surface area contributed by atoms with E-state index in [-0.39, 0.29) is 30.2 Å². The van der Waals surface area contributed by atoms with Gasteiger partial charge >= 0.3 is 0 Å². The van der Waals surface area contributed by atoms with Crippen molar-refractivity contribution in [3.8, 4) is 11.5 Å². The number of carbonyl (C=O) groups excluding carboxylic acids is 1. The fourth-order valence-electron chi connectivity index (χ4n) is 3.88. The molecule has 166 valence electrons. The summed E-state index contributed by atoms with van der Waals surface area (Å²) in [6.07, 6.45) is 2.40. The molecule has 4 rings (SSSR count). The second kappa shape index (κ2) is 8.86. The maximum Gasteiger partial charge on any atom is 0.240 e. The summed E-state index contributed by atoms with van der Waals surface area (Å²) >= 11 is 0. The first-order valence-electron chi connectivity index (χ1n) is 10.3. The Morgan fingerprint density at radius 1 is 1.06 bits per heavy atom. The van der Waals surface area contributed by atoms with Gasteiger partial charge in [-0.2, -0.15) is 0 Å². The zero-order valence-electron chi connectivity index (χ0n) is 17.7. The Labute approximate surface area is 182 Å². The van der Waals surface area contributed by atoms with Crippen LogP contribution in [-0.4, -0.2) is 53.2 Å². The summed E-state index contributed by atoms with van der Waals surface area (Å²) in [5.41, 5.74) is 1.66. The Morgan fingerprint density at radius 2 is 1.81 bits per heavy atom. The van der Waals surface area contributed by atoms with Crippen LogP contribution in [0.15, 0.2) is 47.4 Å². The number of hydrogen-bond donors (Lipinski definition) is 1. The van der Waals surface area contributed by atoms with Crippen molar-refractivity contribution in [1.29, 1.82) is 0 Å². The zero-order valence-corrected chi connectivity index (χ0v) is 18.5. The van der Waals surface area contributed by atoms with Crippen LogP contribution in [0.1, 0.15) is 30.9 Å². The molecule has 0 aliphatic carbocycles. The third-order valence-electron chi connectivity index (χ3n) is 5.65. The van der Waals surface area contributed by atoms with E-state index in [1.807, 2.05) is 37.2 Å². The second-order valence-electron chi connectivity index (χ2n) is 7.94. The van der Waals surface area contributed by atoms with Gasteiger partial charge in [-0.1, -0.05) is 6.07 Å². The maximum absolute atomic E-state index is 12.9. The SMILES string of the molecule is CN(C)C(CNS(=O)(=O)c1ccc(N2CCCCC2=O)cc1)c1ccc2c(c1)OCO2. The number of anilines is 1. The first kappa shape index (κ1) is 21.6. The molecule has 0 radical (unpaired) electrons. The highest BCUT2D eigenvalue weighted by molar-refractivity contribution is 7.89. The van der Waals surface area contributed by atoms with Crippen LogP contribution in [0.2, 0.25) is 0 Å². The van der Waals surface area contributed by atoms with Crippen LogP contribution in [-0.2, 0) is 14.8 Å². The van der Waals surface area contributed by atoms with Gasteiger partial charge < -0.3 is 19.3 Å². The molecule has 1 unspecified atom stereocenters. The fraction of sp³-hybridized carbons (Fsp3) is 0.409. The van der Waals surface area contributed by atoms with Crippen molar-refractivity contribution in [2.24, 2.45) is 0 Å². The predicted molar refractivity (Wildman–Crippen MR) is 117 cm³/mol. The number of likely N-dealkylation sites (N-methyl/N-ethyl adjacent to an activating group) is 1. The lowest BCUT2D eigenvalue weighted by Crippen LogP contribution is -2.35. The molecule has 8 nitrogen and oxygen atoms in total. The highest BCUT2D eigenvalue weighted by Crippen LogP contribution is 2.35. The van der Waals surface area contributed by atoms with Crippen LogP contribution in [0.5, 0.6) is 11.5 Å². The van der Waals surface area contributed by atoms with E-state index < -0.39 is 10.0 Å². The number of sulfonamides is 1. The van der Waals surface area contributed by atoms with E-state index >= 15 is 0 Å². The van der Waals surface area contributed by atoms with Gasteiger partial charge in [-0.3, -0.25) is 4.79 Å². The molecule has 31 heavy (non-hydrogen) atoms. The predicted octanol–water partition coefficient (Wildman–Crippen LogP) is 2.51. The molecule has 2 aliphatic heterocycles. The van der Waals surface area contributed by atoms with Crippen LogP contribution >= 0.6 is 0 Å². The first-order valence-corrected chi connectivity index (χ1v) is 11.8. The molecule has 1 amide bonds. The van der Waals surface area contributed by atoms with Crippen molar-refractivity contribution in [2.75, 3.05) is 38.9 Å². The Bertz CT molecular complexity index is 1050. The summed E-state index contributed by atoms with van der Waals surface area (Å²) in [5, 5.41) is 0. The quantitative estimate of drug-likeness (QED) is 0.705. The van der Waals surface area contributed by atoms with Gasteiger partial charge in [-0.05, 0) is 68.9 Å². The lowest BCUT2D eigenvalue weighted by Gasteiger charge is -2.27. The largest absolute Gasteiger partial charge is 0.454 e. The van der Waals surface area contributed by atoms with E-state index in [4.69, 9.17) is 9.47 Å². The number of ether oxygens (including phenoxy) is 2. The third-order valence-corrected chi connectivity index (χ3v) is 7.09. The summed E-state index contributed by atoms with van der Waals surface area (Å²) in [6, 6.07) is 11.9. The summed E-state index contributed by atoms with van der Waals surface area (Å²) in [4.78, 5) is 15.9. The van der Waals surface area contributed by atoms with Crippen molar-refractivity contribution < 1.29 is 22.7 Å². The van der Waals surface area contributed by atoms with E-state index in [9.17, 15) is 13.2 Å². The van der Waals surface area contributed by atoms with Gasteiger partial charge in [0.15, 0.2) is 11.5 Å². The molecular weight excluding hydrogens is 418 g/mol. The molecule has 0 bridgehead atoms. The van der Waals surface area contributed by atoms with E-state index in [1.165, 1.54) is 0 Å². The fourth-order valence-corrected chi connectivity index (χ4v) is 4.91. The summed E-state index contributed by atoms with van der Waals surface area (Å²) < 4.78 is 39.3. The number of rotatable bonds is 7. The Hall–Kier alpha value is -2.62. The van der Waals surface area contributed by atoms with Gasteiger partial charge in [0.2, 0.25) is 22.7 Å². The molecule has 2 heterocycles. The zero-order chi connectivity index (χ0) is 22.0. The molecule has 9 heteroatoms. The van der Waals surface area contributed by atoms with Crippen LogP contribution in [0.4, 0.5) is 5.69 Å². The maximum atomic E-state index is 12.9. The topological polar surface area (TPSA) is 88.2 Å². The smallest absolute Gasteiger partial charge is 0.240 e. The van der Waals surface area contributed by atoms with Crippen LogP contribution in [0, 0.1) is 0 Å². The number of nitrogens with one attached hydrogen (secondary N) is 1. The van der Waals surface area contributed by atoms with Crippen LogP contribution in [0.3, 0.4) is 0 Å². The standard InChI is InChI=1S/C22H27N3O5S/c1-24(2)19(16-6-11-20-21(13-16)30-15-29-20)14-23-31(27,28)18-9-7-17(8-10-18)25-12-4-3-5-22(25)26/h6-11,13,19,23H,3-5,12,14-15H2,1-2H3. The number of hydrogen-bond acceptors (Lipinski definition) is 6. The molecule has 1 N–H and O–H groups in total. The van der Waals surface area contributed by atoms with Gasteiger partial charge in [-0.25, -0.2) is 13.1 Å². The highest BCUT2D eigenvalue weighted by Gasteiger charge is 2.24. The minimum absolute atomic E-state index is 0.0810. The van der Waals surface area contributed by atoms with Crippen LogP contribution < -0.4 is 19.1 Å². The molecule has 1 fully saturated rings. The Balaban J connectivity index is 1.46. The van der Waals surface area contributed by atoms with Crippen LogP contribution in [0.25, 0.3) is 0 Å². The molecule has 1 atom stereocenters. The van der Waals surface area contributed by atoms with E-state index in [2.05, 4.69) is 4.72 Å². The van der Waals surface area contributed by atoms with E-state index in [1.54, 1.807) is 29.2 Å². The number of piperidine rings is 1. The van der Waals surface area contributed by atoms with Crippen molar-refractivity contribution in [3.05, 3.63) is 48.0 Å². The average molecular weight is 446 g/mol. The lowest BCUT2D eigenvalue weighted by atomic mass is 10.1. The van der Waals surface area contributed by atoms with Crippen molar-refractivity contribution in [2.45, 2.75) is 30.2 Å². The van der Waals surface area contributed by atoms with Gasteiger partial charge in [0.1, 0.15) is 0 Å². The Morgan fingerprint density at radius 3 is 2.52 bits per heavy atom. The molecule has 0 spiro atoms. The number of benzene rings is 2. The molecule has 1 saturated heterocycles. The molecule has 2 aromatic carbocycles. The summed E-state index contributed by atoms with van der Waals surface area (Å²) in [7, 11) is 0.0882. The monoisotopic (exact) mass is 445 g/mol. The van der Waals surface area contributed by atoms with E-state index in [0.717, 1.165) is 24.1 Å². The molecule has 0 aromatic heterocycles. The van der Waals surface area contributed by atoms with Gasteiger partial charge in [0.25, 0.3) is 0 Å². The average Bonchev–Trinajstić information content (AvgIpc) is 3.22. The van der Waals surface area contributed by atoms with E-state index in [0.29, 0.717) is 24.5 Å². The minimum atomic E-state index is -3.71.